The van der Waals surface area contributed by atoms with Gasteiger partial charge in [-0.2, -0.15) is 0 Å². The first-order chi connectivity index (χ1) is 15.0. The number of nitrogens with two attached hydrogens (primary N) is 1. The Balaban J connectivity index is 1.24. The molecular weight excluding hydrogens is 412 g/mol. The number of likely N-dealkylation sites (tertiary alicyclic amines) is 2. The number of aromatic nitrogens is 2. The maximum absolute atomic E-state index is 13.1. The van der Waals surface area contributed by atoms with Crippen LogP contribution < -0.4 is 5.73 Å². The van der Waals surface area contributed by atoms with Gasteiger partial charge in [0.15, 0.2) is 0 Å². The average molecular weight is 441 g/mol. The number of amides is 1. The molecule has 2 saturated heterocycles. The molecule has 2 aliphatic rings. The number of rotatable bonds is 5. The normalized spacial score (nSPS) is 18.8. The quantitative estimate of drug-likeness (QED) is 0.549. The number of hydrogen-bond acceptors (Lipinski definition) is 6. The van der Waals surface area contributed by atoms with E-state index in [9.17, 15) is 4.79 Å². The predicted molar refractivity (Wildman–Crippen MR) is 122 cm³/mol. The van der Waals surface area contributed by atoms with Crippen molar-refractivity contribution < 1.29 is 4.79 Å². The zero-order valence-electron chi connectivity index (χ0n) is 17.6. The summed E-state index contributed by atoms with van der Waals surface area (Å²) in [5.74, 6) is 1.05. The summed E-state index contributed by atoms with van der Waals surface area (Å²) >= 11 is 5.97. The minimum Gasteiger partial charge on any atom is -0.384 e. The lowest BCUT2D eigenvalue weighted by molar-refractivity contribution is -0.138. The summed E-state index contributed by atoms with van der Waals surface area (Å²) in [6.07, 6.45) is 5.14. The highest BCUT2D eigenvalue weighted by Crippen LogP contribution is 2.26. The van der Waals surface area contributed by atoms with E-state index in [1.807, 2.05) is 29.2 Å². The van der Waals surface area contributed by atoms with E-state index in [0.717, 1.165) is 50.9 Å². The van der Waals surface area contributed by atoms with E-state index in [-0.39, 0.29) is 17.7 Å². The van der Waals surface area contributed by atoms with Gasteiger partial charge in [0.25, 0.3) is 0 Å². The summed E-state index contributed by atoms with van der Waals surface area (Å²) in [6, 6.07) is 9.29. The number of carbonyl (C=O) groups excluding carboxylic acids is 1. The Morgan fingerprint density at radius 1 is 1.10 bits per heavy atom. The van der Waals surface area contributed by atoms with E-state index in [1.54, 1.807) is 12.3 Å². The largest absolute Gasteiger partial charge is 0.384 e. The van der Waals surface area contributed by atoms with Crippen LogP contribution in [0.1, 0.15) is 36.9 Å². The molecule has 31 heavy (non-hydrogen) atoms. The number of nitrogen functional groups attached to an aromatic ring is 1. The monoisotopic (exact) mass is 440 g/mol. The third-order valence-electron chi connectivity index (χ3n) is 6.39. The van der Waals surface area contributed by atoms with Crippen molar-refractivity contribution in [2.45, 2.75) is 32.2 Å². The van der Waals surface area contributed by atoms with E-state index < -0.39 is 0 Å². The van der Waals surface area contributed by atoms with Gasteiger partial charge >= 0.3 is 0 Å². The first-order valence-electron chi connectivity index (χ1n) is 10.9. The molecule has 4 rings (SSSR count). The molecule has 2 aromatic rings. The van der Waals surface area contributed by atoms with E-state index in [2.05, 4.69) is 14.9 Å². The fraction of sp³-hybridized carbons (Fsp3) is 0.478. The standard InChI is InChI=1S/C23H29ClN6O/c24-20-3-1-2-19(28-20)22(26)17-7-12-30(13-8-17)23(31)18-5-10-29(11-6-18)15-16-4-9-27-21(25)14-16/h1-4,9,14,17-18,26H,5-8,10-13,15H2,(H2,25,27). The van der Waals surface area contributed by atoms with E-state index in [0.29, 0.717) is 35.5 Å². The molecule has 2 fully saturated rings. The van der Waals surface area contributed by atoms with Crippen LogP contribution in [0.5, 0.6) is 0 Å². The highest BCUT2D eigenvalue weighted by Gasteiger charge is 2.32. The number of hydrogen-bond donors (Lipinski definition) is 2. The minimum absolute atomic E-state index is 0.101. The minimum atomic E-state index is 0.101. The van der Waals surface area contributed by atoms with Gasteiger partial charge in [0, 0.05) is 37.7 Å². The Labute approximate surface area is 188 Å². The molecule has 0 saturated carbocycles. The smallest absolute Gasteiger partial charge is 0.225 e. The van der Waals surface area contributed by atoms with Crippen LogP contribution in [0.3, 0.4) is 0 Å². The molecule has 8 heteroatoms. The number of nitrogens with one attached hydrogen (secondary N) is 1. The van der Waals surface area contributed by atoms with Gasteiger partial charge in [-0.1, -0.05) is 17.7 Å². The van der Waals surface area contributed by atoms with Crippen molar-refractivity contribution in [1.82, 2.24) is 19.8 Å². The number of carbonyl (C=O) groups is 1. The molecule has 0 radical (unpaired) electrons. The first kappa shape index (κ1) is 21.7. The van der Waals surface area contributed by atoms with Crippen LogP contribution >= 0.6 is 11.6 Å². The lowest BCUT2D eigenvalue weighted by Crippen LogP contribution is -2.46. The zero-order valence-corrected chi connectivity index (χ0v) is 18.4. The summed E-state index contributed by atoms with van der Waals surface area (Å²) in [6.45, 7) is 4.10. The van der Waals surface area contributed by atoms with Gasteiger partial charge in [-0.05, 0) is 68.6 Å². The van der Waals surface area contributed by atoms with Gasteiger partial charge in [0.1, 0.15) is 11.0 Å². The summed E-state index contributed by atoms with van der Waals surface area (Å²) in [5, 5.41) is 8.89. The fourth-order valence-corrected chi connectivity index (χ4v) is 4.77. The third kappa shape index (κ3) is 5.40. The molecule has 164 valence electrons. The van der Waals surface area contributed by atoms with Crippen LogP contribution in [0.25, 0.3) is 0 Å². The molecule has 4 heterocycles. The van der Waals surface area contributed by atoms with Gasteiger partial charge in [-0.3, -0.25) is 9.69 Å². The molecule has 2 aliphatic heterocycles. The van der Waals surface area contributed by atoms with Gasteiger partial charge < -0.3 is 16.0 Å². The van der Waals surface area contributed by atoms with Crippen molar-refractivity contribution in [2.24, 2.45) is 11.8 Å². The number of piperidine rings is 2. The maximum Gasteiger partial charge on any atom is 0.225 e. The Kier molecular flexibility index (Phi) is 6.83. The van der Waals surface area contributed by atoms with Crippen molar-refractivity contribution in [3.05, 3.63) is 52.9 Å². The fourth-order valence-electron chi connectivity index (χ4n) is 4.60. The predicted octanol–water partition coefficient (Wildman–Crippen LogP) is 3.23. The second-order valence-electron chi connectivity index (χ2n) is 8.50. The van der Waals surface area contributed by atoms with Crippen LogP contribution in [0.4, 0.5) is 5.82 Å². The molecule has 3 N–H and O–H groups in total. The van der Waals surface area contributed by atoms with Gasteiger partial charge in [-0.15, -0.1) is 0 Å². The van der Waals surface area contributed by atoms with Crippen molar-refractivity contribution in [3.8, 4) is 0 Å². The number of pyridine rings is 2. The van der Waals surface area contributed by atoms with Crippen LogP contribution in [-0.2, 0) is 11.3 Å². The van der Waals surface area contributed by atoms with E-state index >= 15 is 0 Å². The molecule has 1 amide bonds. The molecule has 0 unspecified atom stereocenters. The molecule has 0 bridgehead atoms. The lowest BCUT2D eigenvalue weighted by atomic mass is 9.88. The molecule has 0 aliphatic carbocycles. The van der Waals surface area contributed by atoms with Gasteiger partial charge in [-0.25, -0.2) is 9.97 Å². The Morgan fingerprint density at radius 2 is 1.81 bits per heavy atom. The molecule has 2 aromatic heterocycles. The molecule has 0 atom stereocenters. The van der Waals surface area contributed by atoms with Gasteiger partial charge in [0.05, 0.1) is 11.4 Å². The van der Waals surface area contributed by atoms with E-state index in [1.165, 1.54) is 0 Å². The molecule has 7 nitrogen and oxygen atoms in total. The highest BCUT2D eigenvalue weighted by atomic mass is 35.5. The SMILES string of the molecule is N=C(c1cccc(Cl)n1)C1CCN(C(=O)C2CCN(Cc3ccnc(N)c3)CC2)CC1. The molecular formula is C23H29ClN6O. The number of halogens is 1. The summed E-state index contributed by atoms with van der Waals surface area (Å²) in [4.78, 5) is 25.7. The van der Waals surface area contributed by atoms with Crippen molar-refractivity contribution in [2.75, 3.05) is 31.9 Å². The van der Waals surface area contributed by atoms with Crippen LogP contribution in [0.15, 0.2) is 36.5 Å². The second kappa shape index (κ2) is 9.75. The third-order valence-corrected chi connectivity index (χ3v) is 6.60. The molecule has 0 spiro atoms. The van der Waals surface area contributed by atoms with Crippen molar-refractivity contribution in [3.63, 3.8) is 0 Å². The van der Waals surface area contributed by atoms with Crippen molar-refractivity contribution in [1.29, 1.82) is 5.41 Å². The average Bonchev–Trinajstić information content (AvgIpc) is 2.79. The Morgan fingerprint density at radius 3 is 2.48 bits per heavy atom. The zero-order chi connectivity index (χ0) is 21.8. The summed E-state index contributed by atoms with van der Waals surface area (Å²) in [7, 11) is 0. The van der Waals surface area contributed by atoms with Gasteiger partial charge in [0.2, 0.25) is 5.91 Å². The summed E-state index contributed by atoms with van der Waals surface area (Å²) < 4.78 is 0. The van der Waals surface area contributed by atoms with Crippen LogP contribution in [0, 0.1) is 17.2 Å². The Hall–Kier alpha value is -2.51. The van der Waals surface area contributed by atoms with E-state index in [4.69, 9.17) is 22.7 Å². The first-order valence-corrected chi connectivity index (χ1v) is 11.3. The second-order valence-corrected chi connectivity index (χ2v) is 8.89. The summed E-state index contributed by atoms with van der Waals surface area (Å²) in [5.41, 5.74) is 8.10. The number of anilines is 1. The highest BCUT2D eigenvalue weighted by molar-refractivity contribution is 6.29. The van der Waals surface area contributed by atoms with Crippen LogP contribution in [0.2, 0.25) is 5.15 Å². The lowest BCUT2D eigenvalue weighted by Gasteiger charge is -2.37. The Bertz CT molecular complexity index is 935. The molecule has 0 aromatic carbocycles. The van der Waals surface area contributed by atoms with Crippen molar-refractivity contribution >= 4 is 29.0 Å². The number of nitrogens with zero attached hydrogens (tertiary/aromatic N) is 4. The topological polar surface area (TPSA) is 99.2 Å². The van der Waals surface area contributed by atoms with Crippen LogP contribution in [-0.4, -0.2) is 57.6 Å². The maximum atomic E-state index is 13.1.